The number of hydrogen-bond acceptors (Lipinski definition) is 6. The summed E-state index contributed by atoms with van der Waals surface area (Å²) in [4.78, 5) is 13.0. The number of amides is 1. The number of carbonyl (C=O) groups is 1. The molecule has 0 radical (unpaired) electrons. The number of nitrogens with two attached hydrogens (primary N) is 1. The van der Waals surface area contributed by atoms with Gasteiger partial charge >= 0.3 is 0 Å². The minimum Gasteiger partial charge on any atom is -0.382 e. The molecule has 1 heterocycles. The summed E-state index contributed by atoms with van der Waals surface area (Å²) in [5.41, 5.74) is 7.30. The Morgan fingerprint density at radius 1 is 1.03 bits per heavy atom. The Kier molecular flexibility index (Phi) is 13.1. The molecule has 0 aromatic heterocycles. The van der Waals surface area contributed by atoms with Crippen LogP contribution in [0.15, 0.2) is 60.7 Å². The SMILES string of the molecule is CC1(C(NC(=O)CCCN)(c2ccccc2)c2ccccc2)SCCCS1.CCOCCOC. The Morgan fingerprint density at radius 2 is 1.59 bits per heavy atom. The number of benzene rings is 2. The van der Waals surface area contributed by atoms with E-state index >= 15 is 0 Å². The van der Waals surface area contributed by atoms with Gasteiger partial charge < -0.3 is 20.5 Å². The summed E-state index contributed by atoms with van der Waals surface area (Å²) >= 11 is 3.90. The van der Waals surface area contributed by atoms with Crippen LogP contribution >= 0.6 is 23.5 Å². The van der Waals surface area contributed by atoms with E-state index in [-0.39, 0.29) is 9.99 Å². The Labute approximate surface area is 213 Å². The quantitative estimate of drug-likeness (QED) is 0.418. The van der Waals surface area contributed by atoms with Crippen molar-refractivity contribution < 1.29 is 14.3 Å². The van der Waals surface area contributed by atoms with Gasteiger partial charge in [-0.05, 0) is 55.9 Å². The maximum absolute atomic E-state index is 13.0. The molecule has 1 fully saturated rings. The van der Waals surface area contributed by atoms with Crippen molar-refractivity contribution in [2.45, 2.75) is 42.7 Å². The van der Waals surface area contributed by atoms with Crippen LogP contribution in [0.2, 0.25) is 0 Å². The van der Waals surface area contributed by atoms with Gasteiger partial charge in [0.1, 0.15) is 5.54 Å². The Bertz CT molecular complexity index is 772. The number of thioether (sulfide) groups is 2. The van der Waals surface area contributed by atoms with E-state index < -0.39 is 5.54 Å². The second kappa shape index (κ2) is 15.5. The van der Waals surface area contributed by atoms with Crippen molar-refractivity contribution in [1.29, 1.82) is 0 Å². The maximum atomic E-state index is 13.0. The van der Waals surface area contributed by atoms with E-state index in [1.165, 1.54) is 6.42 Å². The zero-order valence-corrected chi connectivity index (χ0v) is 22.4. The van der Waals surface area contributed by atoms with Crippen LogP contribution in [-0.2, 0) is 19.8 Å². The molecule has 0 saturated carbocycles. The molecule has 1 aliphatic rings. The van der Waals surface area contributed by atoms with Crippen molar-refractivity contribution in [2.24, 2.45) is 5.73 Å². The second-order valence-electron chi connectivity index (χ2n) is 8.11. The molecular formula is C27H40N2O3S2. The number of ether oxygens (including phenoxy) is 2. The highest BCUT2D eigenvalue weighted by Crippen LogP contribution is 2.56. The Balaban J connectivity index is 0.000000509. The van der Waals surface area contributed by atoms with Gasteiger partial charge in [0, 0.05) is 20.1 Å². The third-order valence-electron chi connectivity index (χ3n) is 5.71. The van der Waals surface area contributed by atoms with Gasteiger partial charge in [0.05, 0.1) is 17.3 Å². The standard InChI is InChI=1S/C22H28N2OS2.C5H12O2/c1-21(26-16-9-17-27-21)22(18-10-4-2-5-11-18,19-12-6-3-7-13-19)24-20(25)14-8-15-23;1-3-7-5-4-6-2/h2-7,10-13H,8-9,14-17,23H2,1H3,(H,24,25);3-5H2,1-2H3. The van der Waals surface area contributed by atoms with Crippen LogP contribution in [0, 0.1) is 0 Å². The average molecular weight is 505 g/mol. The van der Waals surface area contributed by atoms with E-state index in [4.69, 9.17) is 15.2 Å². The summed E-state index contributed by atoms with van der Waals surface area (Å²) in [6, 6.07) is 20.8. The van der Waals surface area contributed by atoms with E-state index in [1.54, 1.807) is 7.11 Å². The first-order valence-electron chi connectivity index (χ1n) is 12.0. The van der Waals surface area contributed by atoms with Gasteiger partial charge in [-0.15, -0.1) is 23.5 Å². The lowest BCUT2D eigenvalue weighted by molar-refractivity contribution is -0.122. The molecule has 188 valence electrons. The fourth-order valence-corrected chi connectivity index (χ4v) is 7.38. The molecule has 1 aliphatic heterocycles. The van der Waals surface area contributed by atoms with Gasteiger partial charge in [-0.3, -0.25) is 4.79 Å². The predicted molar refractivity (Wildman–Crippen MR) is 146 cm³/mol. The van der Waals surface area contributed by atoms with Crippen LogP contribution in [0.3, 0.4) is 0 Å². The molecule has 2 aromatic rings. The maximum Gasteiger partial charge on any atom is 0.221 e. The number of methoxy groups -OCH3 is 1. The van der Waals surface area contributed by atoms with Crippen molar-refractivity contribution >= 4 is 29.4 Å². The third-order valence-corrected chi connectivity index (χ3v) is 9.12. The predicted octanol–water partition coefficient (Wildman–Crippen LogP) is 5.04. The van der Waals surface area contributed by atoms with Gasteiger partial charge in [0.2, 0.25) is 5.91 Å². The lowest BCUT2D eigenvalue weighted by atomic mass is 9.79. The third kappa shape index (κ3) is 7.75. The molecule has 34 heavy (non-hydrogen) atoms. The zero-order chi connectivity index (χ0) is 24.7. The fraction of sp³-hybridized carbons (Fsp3) is 0.519. The molecule has 2 aromatic carbocycles. The molecule has 1 amide bonds. The van der Waals surface area contributed by atoms with Crippen LogP contribution in [0.5, 0.6) is 0 Å². The van der Waals surface area contributed by atoms with E-state index in [0.717, 1.165) is 29.2 Å². The van der Waals surface area contributed by atoms with E-state index in [1.807, 2.05) is 42.6 Å². The zero-order valence-electron chi connectivity index (χ0n) is 20.8. The molecular weight excluding hydrogens is 464 g/mol. The lowest BCUT2D eigenvalue weighted by Crippen LogP contribution is -2.59. The molecule has 0 unspecified atom stereocenters. The van der Waals surface area contributed by atoms with Crippen LogP contribution in [-0.4, -0.2) is 55.0 Å². The Morgan fingerprint density at radius 3 is 2.06 bits per heavy atom. The largest absolute Gasteiger partial charge is 0.382 e. The Hall–Kier alpha value is -1.51. The van der Waals surface area contributed by atoms with Crippen LogP contribution < -0.4 is 11.1 Å². The van der Waals surface area contributed by atoms with Crippen LogP contribution in [0.1, 0.15) is 44.2 Å². The summed E-state index contributed by atoms with van der Waals surface area (Å²) < 4.78 is 9.47. The van der Waals surface area contributed by atoms with Crippen molar-refractivity contribution in [1.82, 2.24) is 5.32 Å². The molecule has 3 rings (SSSR count). The first kappa shape index (κ1) is 28.7. The second-order valence-corrected chi connectivity index (χ2v) is 11.4. The lowest BCUT2D eigenvalue weighted by Gasteiger charge is -2.50. The molecule has 0 aliphatic carbocycles. The highest BCUT2D eigenvalue weighted by molar-refractivity contribution is 8.18. The summed E-state index contributed by atoms with van der Waals surface area (Å²) in [6.07, 6.45) is 2.34. The number of hydrogen-bond donors (Lipinski definition) is 2. The first-order chi connectivity index (χ1) is 16.5. The first-order valence-corrected chi connectivity index (χ1v) is 14.0. The van der Waals surface area contributed by atoms with E-state index in [2.05, 4.69) is 60.8 Å². The minimum atomic E-state index is -0.600. The number of nitrogens with one attached hydrogen (secondary N) is 1. The number of carbonyl (C=O) groups excluding carboxylic acids is 1. The normalized spacial score (nSPS) is 15.2. The van der Waals surface area contributed by atoms with Gasteiger partial charge in [0.15, 0.2) is 0 Å². The van der Waals surface area contributed by atoms with Crippen molar-refractivity contribution in [3.8, 4) is 0 Å². The summed E-state index contributed by atoms with van der Waals surface area (Å²) in [5, 5.41) is 3.47. The van der Waals surface area contributed by atoms with Crippen LogP contribution in [0.4, 0.5) is 0 Å². The smallest absolute Gasteiger partial charge is 0.221 e. The van der Waals surface area contributed by atoms with E-state index in [0.29, 0.717) is 32.6 Å². The van der Waals surface area contributed by atoms with Gasteiger partial charge in [0.25, 0.3) is 0 Å². The highest BCUT2D eigenvalue weighted by atomic mass is 32.2. The van der Waals surface area contributed by atoms with Crippen molar-refractivity contribution in [2.75, 3.05) is 45.0 Å². The van der Waals surface area contributed by atoms with Crippen LogP contribution in [0.25, 0.3) is 0 Å². The molecule has 1 saturated heterocycles. The average Bonchev–Trinajstić information content (AvgIpc) is 2.88. The molecule has 0 spiro atoms. The summed E-state index contributed by atoms with van der Waals surface area (Å²) in [5.74, 6) is 2.26. The highest BCUT2D eigenvalue weighted by Gasteiger charge is 2.53. The fourth-order valence-electron chi connectivity index (χ4n) is 4.00. The van der Waals surface area contributed by atoms with Crippen molar-refractivity contribution in [3.63, 3.8) is 0 Å². The summed E-state index contributed by atoms with van der Waals surface area (Å²) in [6.45, 7) is 6.97. The van der Waals surface area contributed by atoms with Crippen molar-refractivity contribution in [3.05, 3.63) is 71.8 Å². The van der Waals surface area contributed by atoms with Gasteiger partial charge in [-0.1, -0.05) is 60.7 Å². The topological polar surface area (TPSA) is 73.6 Å². The molecule has 3 N–H and O–H groups in total. The monoisotopic (exact) mass is 504 g/mol. The number of rotatable bonds is 11. The molecule has 5 nitrogen and oxygen atoms in total. The summed E-state index contributed by atoms with van der Waals surface area (Å²) in [7, 11) is 1.67. The minimum absolute atomic E-state index is 0.0566. The van der Waals surface area contributed by atoms with E-state index in [9.17, 15) is 4.79 Å². The molecule has 0 bridgehead atoms. The molecule has 0 atom stereocenters. The van der Waals surface area contributed by atoms with Gasteiger partial charge in [-0.25, -0.2) is 0 Å². The van der Waals surface area contributed by atoms with Gasteiger partial charge in [-0.2, -0.15) is 0 Å². The molecule has 7 heteroatoms.